The van der Waals surface area contributed by atoms with Crippen LogP contribution >= 0.6 is 0 Å². The van der Waals surface area contributed by atoms with E-state index in [0.717, 1.165) is 56.8 Å². The van der Waals surface area contributed by atoms with Crippen molar-refractivity contribution in [3.05, 3.63) is 231 Å². The van der Waals surface area contributed by atoms with E-state index in [4.69, 9.17) is 4.74 Å². The highest BCUT2D eigenvalue weighted by Gasteiger charge is 2.26. The Labute approximate surface area is 334 Å². The smallest absolute Gasteiger partial charge is 0.152 e. The number of benzene rings is 9. The summed E-state index contributed by atoms with van der Waals surface area (Å²) >= 11 is 0. The normalized spacial score (nSPS) is 11.6. The van der Waals surface area contributed by atoms with Crippen LogP contribution in [-0.2, 0) is 0 Å². The fourth-order valence-corrected chi connectivity index (χ4v) is 7.76. The van der Waals surface area contributed by atoms with Gasteiger partial charge in [-0.15, -0.1) is 0 Å². The first-order valence-corrected chi connectivity index (χ1v) is 19.3. The Morgan fingerprint density at radius 1 is 0.281 bits per heavy atom. The lowest BCUT2D eigenvalue weighted by Gasteiger charge is -2.33. The first kappa shape index (κ1) is 33.9. The SMILES string of the molecule is c1ccc(-c2ccc(-c3ccc(N(c4ccc(-c5ccccc5)cc4)c4ccc(-c5ccc6c(c5)Oc5ccccc5N6c5ccccc5)cc4)cc3)cc2)cc1. The molecule has 10 rings (SSSR count). The monoisotopic (exact) mass is 730 g/mol. The van der Waals surface area contributed by atoms with Gasteiger partial charge in [0.05, 0.1) is 11.4 Å². The van der Waals surface area contributed by atoms with Crippen LogP contribution in [0.3, 0.4) is 0 Å². The molecule has 0 fully saturated rings. The minimum atomic E-state index is 0.828. The Morgan fingerprint density at radius 3 is 1.12 bits per heavy atom. The predicted molar refractivity (Wildman–Crippen MR) is 238 cm³/mol. The van der Waals surface area contributed by atoms with E-state index in [1.807, 2.05) is 18.2 Å². The molecule has 57 heavy (non-hydrogen) atoms. The lowest BCUT2D eigenvalue weighted by molar-refractivity contribution is 0.477. The summed E-state index contributed by atoms with van der Waals surface area (Å²) in [6.45, 7) is 0. The van der Waals surface area contributed by atoms with Crippen LogP contribution in [0.25, 0.3) is 44.5 Å². The zero-order chi connectivity index (χ0) is 38.0. The van der Waals surface area contributed by atoms with Gasteiger partial charge < -0.3 is 14.5 Å². The molecule has 1 heterocycles. The minimum Gasteiger partial charge on any atom is -0.453 e. The molecule has 0 aromatic heterocycles. The van der Waals surface area contributed by atoms with Gasteiger partial charge in [0, 0.05) is 22.7 Å². The molecule has 9 aromatic rings. The topological polar surface area (TPSA) is 15.7 Å². The average molecular weight is 731 g/mol. The minimum absolute atomic E-state index is 0.828. The molecule has 1 aliphatic heterocycles. The highest BCUT2D eigenvalue weighted by Crippen LogP contribution is 2.51. The molecule has 9 aromatic carbocycles. The third-order valence-corrected chi connectivity index (χ3v) is 10.7. The van der Waals surface area contributed by atoms with E-state index in [-0.39, 0.29) is 0 Å². The van der Waals surface area contributed by atoms with Crippen LogP contribution in [0, 0.1) is 0 Å². The van der Waals surface area contributed by atoms with E-state index in [9.17, 15) is 0 Å². The molecule has 0 saturated carbocycles. The van der Waals surface area contributed by atoms with Crippen LogP contribution in [-0.4, -0.2) is 0 Å². The lowest BCUT2D eigenvalue weighted by Crippen LogP contribution is -2.15. The molecule has 0 atom stereocenters. The van der Waals surface area contributed by atoms with Crippen LogP contribution in [0.4, 0.5) is 34.1 Å². The number of hydrogen-bond acceptors (Lipinski definition) is 3. The second-order valence-electron chi connectivity index (χ2n) is 14.2. The molecule has 3 nitrogen and oxygen atoms in total. The maximum absolute atomic E-state index is 6.53. The van der Waals surface area contributed by atoms with Crippen molar-refractivity contribution in [1.82, 2.24) is 0 Å². The Bertz CT molecular complexity index is 2760. The van der Waals surface area contributed by atoms with Gasteiger partial charge in [0.2, 0.25) is 0 Å². The molecule has 1 aliphatic rings. The summed E-state index contributed by atoms with van der Waals surface area (Å²) in [6.07, 6.45) is 0. The van der Waals surface area contributed by atoms with Crippen molar-refractivity contribution in [2.24, 2.45) is 0 Å². The van der Waals surface area contributed by atoms with Crippen molar-refractivity contribution in [2.75, 3.05) is 9.80 Å². The number of ether oxygens (including phenoxy) is 1. The number of anilines is 6. The number of nitrogens with zero attached hydrogens (tertiary/aromatic N) is 2. The fraction of sp³-hybridized carbons (Fsp3) is 0. The number of hydrogen-bond donors (Lipinski definition) is 0. The first-order valence-electron chi connectivity index (χ1n) is 19.3. The van der Waals surface area contributed by atoms with Gasteiger partial charge in [-0.25, -0.2) is 0 Å². The van der Waals surface area contributed by atoms with E-state index in [2.05, 4.69) is 222 Å². The fourth-order valence-electron chi connectivity index (χ4n) is 7.76. The largest absolute Gasteiger partial charge is 0.453 e. The highest BCUT2D eigenvalue weighted by molar-refractivity contribution is 5.88. The van der Waals surface area contributed by atoms with Crippen molar-refractivity contribution in [1.29, 1.82) is 0 Å². The molecule has 0 spiro atoms. The Morgan fingerprint density at radius 2 is 0.632 bits per heavy atom. The summed E-state index contributed by atoms with van der Waals surface area (Å²) < 4.78 is 6.53. The lowest BCUT2D eigenvalue weighted by atomic mass is 10.00. The second-order valence-corrected chi connectivity index (χ2v) is 14.2. The third kappa shape index (κ3) is 6.73. The molecular formula is C54H38N2O. The Hall–Kier alpha value is -7.62. The standard InChI is InChI=1S/C54H38N2O/c1-4-12-39(13-5-1)41-20-22-42(23-21-41)44-26-33-49(34-27-44)55(48-31-24-43(25-32-48)40-14-6-2-7-15-40)50-35-28-45(29-36-50)46-30-37-52-54(38-46)57-53-19-11-10-18-51(53)56(52)47-16-8-3-9-17-47/h1-38H. The van der Waals surface area contributed by atoms with Gasteiger partial charge in [0.25, 0.3) is 0 Å². The maximum atomic E-state index is 6.53. The first-order chi connectivity index (χ1) is 28.2. The van der Waals surface area contributed by atoms with Crippen LogP contribution < -0.4 is 14.5 Å². The van der Waals surface area contributed by atoms with Gasteiger partial charge in [-0.1, -0.05) is 158 Å². The molecule has 0 amide bonds. The molecule has 0 aliphatic carbocycles. The molecule has 0 N–H and O–H groups in total. The Balaban J connectivity index is 0.978. The summed E-state index contributed by atoms with van der Waals surface area (Å²) in [6, 6.07) is 81.6. The number of fused-ring (bicyclic) bond motifs is 2. The van der Waals surface area contributed by atoms with Crippen molar-refractivity contribution in [2.45, 2.75) is 0 Å². The summed E-state index contributed by atoms with van der Waals surface area (Å²) in [4.78, 5) is 4.60. The van der Waals surface area contributed by atoms with Crippen molar-refractivity contribution < 1.29 is 4.74 Å². The van der Waals surface area contributed by atoms with Crippen molar-refractivity contribution in [3.8, 4) is 56.0 Å². The summed E-state index contributed by atoms with van der Waals surface area (Å²) in [5.74, 6) is 1.67. The van der Waals surface area contributed by atoms with Gasteiger partial charge in [0.1, 0.15) is 0 Å². The van der Waals surface area contributed by atoms with Gasteiger partial charge in [-0.2, -0.15) is 0 Å². The van der Waals surface area contributed by atoms with E-state index >= 15 is 0 Å². The summed E-state index contributed by atoms with van der Waals surface area (Å²) in [5, 5.41) is 0. The molecule has 0 saturated heterocycles. The van der Waals surface area contributed by atoms with E-state index in [0.29, 0.717) is 0 Å². The van der Waals surface area contributed by atoms with Gasteiger partial charge >= 0.3 is 0 Å². The van der Waals surface area contributed by atoms with E-state index < -0.39 is 0 Å². The molecule has 3 heteroatoms. The quantitative estimate of drug-likeness (QED) is 0.155. The second kappa shape index (κ2) is 14.9. The zero-order valence-corrected chi connectivity index (χ0v) is 31.2. The highest BCUT2D eigenvalue weighted by atomic mass is 16.5. The Kier molecular flexibility index (Phi) is 8.86. The third-order valence-electron chi connectivity index (χ3n) is 10.7. The summed E-state index contributed by atoms with van der Waals surface area (Å²) in [5.41, 5.74) is 15.8. The van der Waals surface area contributed by atoms with Crippen LogP contribution in [0.1, 0.15) is 0 Å². The molecule has 0 bridgehead atoms. The van der Waals surface area contributed by atoms with Crippen LogP contribution in [0.2, 0.25) is 0 Å². The zero-order valence-electron chi connectivity index (χ0n) is 31.2. The summed E-state index contributed by atoms with van der Waals surface area (Å²) in [7, 11) is 0. The van der Waals surface area contributed by atoms with Crippen LogP contribution in [0.15, 0.2) is 231 Å². The molecule has 0 unspecified atom stereocenters. The molecule has 270 valence electrons. The van der Waals surface area contributed by atoms with Crippen molar-refractivity contribution in [3.63, 3.8) is 0 Å². The van der Waals surface area contributed by atoms with Crippen LogP contribution in [0.5, 0.6) is 11.5 Å². The molecular weight excluding hydrogens is 693 g/mol. The predicted octanol–water partition coefficient (Wildman–Crippen LogP) is 15.4. The average Bonchev–Trinajstić information content (AvgIpc) is 3.30. The van der Waals surface area contributed by atoms with Gasteiger partial charge in [0.15, 0.2) is 11.5 Å². The van der Waals surface area contributed by atoms with Gasteiger partial charge in [-0.3, -0.25) is 0 Å². The molecule has 0 radical (unpaired) electrons. The van der Waals surface area contributed by atoms with E-state index in [1.165, 1.54) is 33.4 Å². The number of para-hydroxylation sites is 3. The van der Waals surface area contributed by atoms with Crippen molar-refractivity contribution >= 4 is 34.1 Å². The number of rotatable bonds is 8. The van der Waals surface area contributed by atoms with E-state index in [1.54, 1.807) is 0 Å². The maximum Gasteiger partial charge on any atom is 0.152 e. The van der Waals surface area contributed by atoms with Gasteiger partial charge in [-0.05, 0) is 117 Å².